The van der Waals surface area contributed by atoms with E-state index in [2.05, 4.69) is 27.4 Å². The molecule has 0 fully saturated rings. The van der Waals surface area contributed by atoms with E-state index in [0.29, 0.717) is 5.92 Å². The number of allylic oxidation sites excluding steroid dienone is 1. The Bertz CT molecular complexity index is 316. The first-order valence-corrected chi connectivity index (χ1v) is 5.31. The third kappa shape index (κ3) is 3.19. The molecule has 1 aromatic rings. The van der Waals surface area contributed by atoms with E-state index in [0.717, 1.165) is 6.42 Å². The van der Waals surface area contributed by atoms with E-state index in [-0.39, 0.29) is 11.2 Å². The summed E-state index contributed by atoms with van der Waals surface area (Å²) in [5.74, 6) is 0.223. The highest BCUT2D eigenvalue weighted by Gasteiger charge is 2.24. The summed E-state index contributed by atoms with van der Waals surface area (Å²) in [4.78, 5) is 0. The molecular formula is C14H19F. The fourth-order valence-electron chi connectivity index (χ4n) is 1.85. The van der Waals surface area contributed by atoms with E-state index in [9.17, 15) is 4.39 Å². The van der Waals surface area contributed by atoms with Gasteiger partial charge >= 0.3 is 0 Å². The van der Waals surface area contributed by atoms with Crippen molar-refractivity contribution >= 4 is 0 Å². The first kappa shape index (κ1) is 12.0. The molecule has 0 saturated carbocycles. The van der Waals surface area contributed by atoms with Gasteiger partial charge in [-0.25, -0.2) is 4.39 Å². The summed E-state index contributed by atoms with van der Waals surface area (Å²) < 4.78 is 12.8. The van der Waals surface area contributed by atoms with Crippen LogP contribution in [0.3, 0.4) is 0 Å². The zero-order valence-electron chi connectivity index (χ0n) is 9.76. The van der Waals surface area contributed by atoms with Crippen molar-refractivity contribution in [2.75, 3.05) is 0 Å². The maximum atomic E-state index is 12.8. The van der Waals surface area contributed by atoms with Gasteiger partial charge in [0.1, 0.15) is 5.82 Å². The highest BCUT2D eigenvalue weighted by atomic mass is 19.1. The molecule has 1 aromatic carbocycles. The van der Waals surface area contributed by atoms with Crippen molar-refractivity contribution < 1.29 is 4.39 Å². The lowest BCUT2D eigenvalue weighted by atomic mass is 9.75. The van der Waals surface area contributed by atoms with E-state index >= 15 is 0 Å². The van der Waals surface area contributed by atoms with Crippen LogP contribution in [0.1, 0.15) is 38.7 Å². The van der Waals surface area contributed by atoms with Gasteiger partial charge in [-0.05, 0) is 35.4 Å². The molecule has 0 amide bonds. The summed E-state index contributed by atoms with van der Waals surface area (Å²) in [6.07, 6.45) is 2.86. The van der Waals surface area contributed by atoms with Crippen molar-refractivity contribution in [2.45, 2.75) is 33.1 Å². The van der Waals surface area contributed by atoms with Crippen molar-refractivity contribution in [3.05, 3.63) is 48.3 Å². The second kappa shape index (κ2) is 4.61. The minimum absolute atomic E-state index is 0.173. The highest BCUT2D eigenvalue weighted by Crippen LogP contribution is 2.37. The number of rotatable bonds is 3. The van der Waals surface area contributed by atoms with Gasteiger partial charge in [-0.15, -0.1) is 6.58 Å². The average Bonchev–Trinajstić information content (AvgIpc) is 2.14. The van der Waals surface area contributed by atoms with Crippen LogP contribution in [0.4, 0.5) is 4.39 Å². The van der Waals surface area contributed by atoms with Gasteiger partial charge in [-0.2, -0.15) is 0 Å². The van der Waals surface area contributed by atoms with Crippen molar-refractivity contribution in [1.82, 2.24) is 0 Å². The largest absolute Gasteiger partial charge is 0.207 e. The van der Waals surface area contributed by atoms with Crippen molar-refractivity contribution in [3.63, 3.8) is 0 Å². The summed E-state index contributed by atoms with van der Waals surface area (Å²) in [6, 6.07) is 6.79. The Kier molecular flexibility index (Phi) is 3.67. The molecule has 0 saturated heterocycles. The molecule has 1 atom stereocenters. The van der Waals surface area contributed by atoms with Gasteiger partial charge < -0.3 is 0 Å². The molecule has 0 heterocycles. The molecule has 1 rings (SSSR count). The van der Waals surface area contributed by atoms with Crippen LogP contribution >= 0.6 is 0 Å². The highest BCUT2D eigenvalue weighted by molar-refractivity contribution is 5.23. The van der Waals surface area contributed by atoms with Gasteiger partial charge in [0, 0.05) is 0 Å². The molecule has 0 N–H and O–H groups in total. The first-order chi connectivity index (χ1) is 6.95. The third-order valence-corrected chi connectivity index (χ3v) is 2.72. The second-order valence-electron chi connectivity index (χ2n) is 4.99. The van der Waals surface area contributed by atoms with Gasteiger partial charge in [-0.1, -0.05) is 39.0 Å². The van der Waals surface area contributed by atoms with Crippen LogP contribution in [0, 0.1) is 11.2 Å². The first-order valence-electron chi connectivity index (χ1n) is 5.31. The van der Waals surface area contributed by atoms with Crippen molar-refractivity contribution in [3.8, 4) is 0 Å². The SMILES string of the molecule is C=CCC(c1ccc(F)cc1)C(C)(C)C. The Hall–Kier alpha value is -1.11. The van der Waals surface area contributed by atoms with Crippen molar-refractivity contribution in [1.29, 1.82) is 0 Å². The summed E-state index contributed by atoms with van der Waals surface area (Å²) in [6.45, 7) is 10.4. The summed E-state index contributed by atoms with van der Waals surface area (Å²) in [5, 5.41) is 0. The van der Waals surface area contributed by atoms with E-state index in [1.807, 2.05) is 18.2 Å². The molecule has 1 heteroatoms. The maximum absolute atomic E-state index is 12.8. The third-order valence-electron chi connectivity index (χ3n) is 2.72. The number of hydrogen-bond acceptors (Lipinski definition) is 0. The molecule has 0 aromatic heterocycles. The fraction of sp³-hybridized carbons (Fsp3) is 0.429. The van der Waals surface area contributed by atoms with Crippen LogP contribution in [0.15, 0.2) is 36.9 Å². The molecular weight excluding hydrogens is 187 g/mol. The number of benzene rings is 1. The zero-order chi connectivity index (χ0) is 11.5. The van der Waals surface area contributed by atoms with Gasteiger partial charge in [0.2, 0.25) is 0 Å². The van der Waals surface area contributed by atoms with Gasteiger partial charge in [0.05, 0.1) is 0 Å². The van der Waals surface area contributed by atoms with Gasteiger partial charge in [0.15, 0.2) is 0 Å². The van der Waals surface area contributed by atoms with E-state index in [1.54, 1.807) is 0 Å². The van der Waals surface area contributed by atoms with E-state index in [1.165, 1.54) is 17.7 Å². The smallest absolute Gasteiger partial charge is 0.123 e. The molecule has 0 bridgehead atoms. The quantitative estimate of drug-likeness (QED) is 0.637. The fourth-order valence-corrected chi connectivity index (χ4v) is 1.85. The van der Waals surface area contributed by atoms with Crippen LogP contribution in [-0.2, 0) is 0 Å². The Balaban J connectivity index is 2.99. The zero-order valence-corrected chi connectivity index (χ0v) is 9.76. The van der Waals surface area contributed by atoms with Crippen LogP contribution < -0.4 is 0 Å². The molecule has 0 aliphatic carbocycles. The van der Waals surface area contributed by atoms with E-state index < -0.39 is 0 Å². The lowest BCUT2D eigenvalue weighted by Crippen LogP contribution is -2.17. The van der Waals surface area contributed by atoms with Crippen molar-refractivity contribution in [2.24, 2.45) is 5.41 Å². The second-order valence-corrected chi connectivity index (χ2v) is 4.99. The topological polar surface area (TPSA) is 0 Å². The minimum Gasteiger partial charge on any atom is -0.207 e. The maximum Gasteiger partial charge on any atom is 0.123 e. The summed E-state index contributed by atoms with van der Waals surface area (Å²) in [7, 11) is 0. The van der Waals surface area contributed by atoms with Gasteiger partial charge in [-0.3, -0.25) is 0 Å². The predicted octanol–water partition coefficient (Wildman–Crippen LogP) is 4.53. The Morgan fingerprint density at radius 3 is 2.20 bits per heavy atom. The van der Waals surface area contributed by atoms with Gasteiger partial charge in [0.25, 0.3) is 0 Å². The number of halogens is 1. The Morgan fingerprint density at radius 2 is 1.80 bits per heavy atom. The Morgan fingerprint density at radius 1 is 1.27 bits per heavy atom. The normalized spacial score (nSPS) is 13.6. The molecule has 1 unspecified atom stereocenters. The molecule has 82 valence electrons. The lowest BCUT2D eigenvalue weighted by Gasteiger charge is -2.30. The molecule has 0 aliphatic heterocycles. The Labute approximate surface area is 91.8 Å². The predicted molar refractivity (Wildman–Crippen MR) is 63.4 cm³/mol. The number of hydrogen-bond donors (Lipinski definition) is 0. The van der Waals surface area contributed by atoms with E-state index in [4.69, 9.17) is 0 Å². The summed E-state index contributed by atoms with van der Waals surface area (Å²) in [5.41, 5.74) is 1.36. The molecule has 0 nitrogen and oxygen atoms in total. The molecule has 0 radical (unpaired) electrons. The minimum atomic E-state index is -0.176. The summed E-state index contributed by atoms with van der Waals surface area (Å²) >= 11 is 0. The molecule has 0 spiro atoms. The lowest BCUT2D eigenvalue weighted by molar-refractivity contribution is 0.321. The molecule has 0 aliphatic rings. The van der Waals surface area contributed by atoms with Crippen LogP contribution in [0.2, 0.25) is 0 Å². The van der Waals surface area contributed by atoms with Crippen LogP contribution in [-0.4, -0.2) is 0 Å². The average molecular weight is 206 g/mol. The monoisotopic (exact) mass is 206 g/mol. The molecule has 15 heavy (non-hydrogen) atoms. The van der Waals surface area contributed by atoms with Crippen LogP contribution in [0.25, 0.3) is 0 Å². The standard InChI is InChI=1S/C14H19F/c1-5-6-13(14(2,3)4)11-7-9-12(15)10-8-11/h5,7-10,13H,1,6H2,2-4H3. The van der Waals surface area contributed by atoms with Crippen LogP contribution in [0.5, 0.6) is 0 Å².